The summed E-state index contributed by atoms with van der Waals surface area (Å²) in [5.74, 6) is -0.743. The molecule has 0 aliphatic carbocycles. The summed E-state index contributed by atoms with van der Waals surface area (Å²) in [4.78, 5) is 37.4. The van der Waals surface area contributed by atoms with Crippen LogP contribution in [0.3, 0.4) is 0 Å². The third-order valence-corrected chi connectivity index (χ3v) is 4.00. The third-order valence-electron chi connectivity index (χ3n) is 4.00. The van der Waals surface area contributed by atoms with E-state index in [9.17, 15) is 14.4 Å². The lowest BCUT2D eigenvalue weighted by molar-refractivity contribution is -0.115. The molecule has 0 saturated carbocycles. The van der Waals surface area contributed by atoms with Gasteiger partial charge in [-0.05, 0) is 61.4 Å². The first-order valence-corrected chi connectivity index (χ1v) is 8.25. The molecule has 0 aliphatic heterocycles. The van der Waals surface area contributed by atoms with Gasteiger partial charge in [-0.2, -0.15) is 0 Å². The highest BCUT2D eigenvalue weighted by Gasteiger charge is 2.10. The van der Waals surface area contributed by atoms with Crippen molar-refractivity contribution in [3.63, 3.8) is 0 Å². The number of rotatable bonds is 5. The van der Waals surface area contributed by atoms with E-state index >= 15 is 0 Å². The standard InChI is InChI=1S/C20H23N3O3/c1-13-5-6-16(11-14(13)2)19(25)21-12-18(24)22-17-9-7-15(8-10-17)20(26)23(3)4/h5-11H,12H2,1-4H3,(H,21,25)(H,22,24). The van der Waals surface area contributed by atoms with Crippen LogP contribution in [0.15, 0.2) is 42.5 Å². The Hall–Kier alpha value is -3.15. The molecule has 6 nitrogen and oxygen atoms in total. The topological polar surface area (TPSA) is 78.5 Å². The summed E-state index contributed by atoms with van der Waals surface area (Å²) in [6.07, 6.45) is 0. The molecule has 2 aromatic rings. The zero-order chi connectivity index (χ0) is 19.3. The highest BCUT2D eigenvalue weighted by molar-refractivity contribution is 6.00. The van der Waals surface area contributed by atoms with Gasteiger partial charge in [0, 0.05) is 30.9 Å². The molecule has 2 aromatic carbocycles. The lowest BCUT2D eigenvalue weighted by Gasteiger charge is -2.11. The lowest BCUT2D eigenvalue weighted by Crippen LogP contribution is -2.32. The van der Waals surface area contributed by atoms with Crippen molar-refractivity contribution in [2.75, 3.05) is 26.0 Å². The SMILES string of the molecule is Cc1ccc(C(=O)NCC(=O)Nc2ccc(C(=O)N(C)C)cc2)cc1C. The summed E-state index contributed by atoms with van der Waals surface area (Å²) in [6, 6.07) is 12.0. The highest BCUT2D eigenvalue weighted by Crippen LogP contribution is 2.11. The molecule has 0 radical (unpaired) electrons. The molecule has 136 valence electrons. The van der Waals surface area contributed by atoms with E-state index in [0.717, 1.165) is 11.1 Å². The predicted octanol–water partition coefficient (Wildman–Crippen LogP) is 2.37. The number of aryl methyl sites for hydroxylation is 2. The van der Waals surface area contributed by atoms with Crippen LogP contribution in [0.4, 0.5) is 5.69 Å². The molecule has 0 saturated heterocycles. The largest absolute Gasteiger partial charge is 0.345 e. The molecule has 0 atom stereocenters. The Kier molecular flexibility index (Phi) is 6.11. The summed E-state index contributed by atoms with van der Waals surface area (Å²) < 4.78 is 0. The van der Waals surface area contributed by atoms with Crippen LogP contribution < -0.4 is 10.6 Å². The van der Waals surface area contributed by atoms with Crippen LogP contribution in [0.1, 0.15) is 31.8 Å². The minimum Gasteiger partial charge on any atom is -0.345 e. The first-order valence-electron chi connectivity index (χ1n) is 8.25. The van der Waals surface area contributed by atoms with Crippen molar-refractivity contribution < 1.29 is 14.4 Å². The van der Waals surface area contributed by atoms with Gasteiger partial charge in [0.2, 0.25) is 5.91 Å². The highest BCUT2D eigenvalue weighted by atomic mass is 16.2. The fourth-order valence-corrected chi connectivity index (χ4v) is 2.30. The summed E-state index contributed by atoms with van der Waals surface area (Å²) in [5.41, 5.74) is 3.75. The van der Waals surface area contributed by atoms with Gasteiger partial charge in [-0.3, -0.25) is 14.4 Å². The van der Waals surface area contributed by atoms with Gasteiger partial charge >= 0.3 is 0 Å². The zero-order valence-corrected chi connectivity index (χ0v) is 15.4. The molecular weight excluding hydrogens is 330 g/mol. The van der Waals surface area contributed by atoms with Gasteiger partial charge in [0.15, 0.2) is 0 Å². The van der Waals surface area contributed by atoms with Crippen molar-refractivity contribution in [2.24, 2.45) is 0 Å². The first-order chi connectivity index (χ1) is 12.3. The van der Waals surface area contributed by atoms with E-state index in [1.165, 1.54) is 4.90 Å². The summed E-state index contributed by atoms with van der Waals surface area (Å²) >= 11 is 0. The van der Waals surface area contributed by atoms with Gasteiger partial charge in [-0.25, -0.2) is 0 Å². The third kappa shape index (κ3) is 4.92. The Bertz CT molecular complexity index is 827. The van der Waals surface area contributed by atoms with Crippen LogP contribution in [0.2, 0.25) is 0 Å². The van der Waals surface area contributed by atoms with E-state index in [1.54, 1.807) is 50.5 Å². The number of hydrogen-bond donors (Lipinski definition) is 2. The van der Waals surface area contributed by atoms with E-state index in [4.69, 9.17) is 0 Å². The summed E-state index contributed by atoms with van der Waals surface area (Å²) in [7, 11) is 3.35. The Morgan fingerprint density at radius 1 is 0.885 bits per heavy atom. The minimum atomic E-state index is -0.339. The smallest absolute Gasteiger partial charge is 0.253 e. The van der Waals surface area contributed by atoms with Crippen LogP contribution in [-0.2, 0) is 4.79 Å². The van der Waals surface area contributed by atoms with Gasteiger partial charge in [0.1, 0.15) is 0 Å². The second-order valence-corrected chi connectivity index (χ2v) is 6.31. The number of nitrogens with zero attached hydrogens (tertiary/aromatic N) is 1. The number of nitrogens with one attached hydrogen (secondary N) is 2. The molecule has 2 N–H and O–H groups in total. The molecule has 2 rings (SSSR count). The molecule has 0 unspecified atom stereocenters. The summed E-state index contributed by atoms with van der Waals surface area (Å²) in [6.45, 7) is 3.77. The number of carbonyl (C=O) groups is 3. The molecule has 26 heavy (non-hydrogen) atoms. The molecule has 0 aliphatic rings. The van der Waals surface area contributed by atoms with Gasteiger partial charge in [-0.15, -0.1) is 0 Å². The van der Waals surface area contributed by atoms with Gasteiger partial charge in [0.05, 0.1) is 6.54 Å². The Morgan fingerprint density at radius 3 is 2.08 bits per heavy atom. The fourth-order valence-electron chi connectivity index (χ4n) is 2.30. The normalized spacial score (nSPS) is 10.2. The number of anilines is 1. The maximum Gasteiger partial charge on any atom is 0.253 e. The molecule has 3 amide bonds. The Labute approximate surface area is 153 Å². The monoisotopic (exact) mass is 353 g/mol. The van der Waals surface area contributed by atoms with Gasteiger partial charge in [-0.1, -0.05) is 6.07 Å². The Morgan fingerprint density at radius 2 is 1.50 bits per heavy atom. The van der Waals surface area contributed by atoms with Gasteiger partial charge in [0.25, 0.3) is 11.8 Å². The predicted molar refractivity (Wildman–Crippen MR) is 101 cm³/mol. The van der Waals surface area contributed by atoms with Crippen LogP contribution in [0.5, 0.6) is 0 Å². The van der Waals surface area contributed by atoms with Crippen molar-refractivity contribution in [3.05, 3.63) is 64.7 Å². The van der Waals surface area contributed by atoms with Crippen molar-refractivity contribution >= 4 is 23.4 Å². The first kappa shape index (κ1) is 19.2. The molecular formula is C20H23N3O3. The fraction of sp³-hybridized carbons (Fsp3) is 0.250. The van der Waals surface area contributed by atoms with Crippen molar-refractivity contribution in [1.82, 2.24) is 10.2 Å². The molecule has 0 aromatic heterocycles. The van der Waals surface area contributed by atoms with Crippen molar-refractivity contribution in [1.29, 1.82) is 0 Å². The molecule has 0 bridgehead atoms. The minimum absolute atomic E-state index is 0.108. The molecule has 0 spiro atoms. The van der Waals surface area contributed by atoms with Crippen LogP contribution in [0, 0.1) is 13.8 Å². The zero-order valence-electron chi connectivity index (χ0n) is 15.4. The number of amides is 3. The van der Waals surface area contributed by atoms with E-state index in [0.29, 0.717) is 16.8 Å². The lowest BCUT2D eigenvalue weighted by atomic mass is 10.1. The quantitative estimate of drug-likeness (QED) is 0.866. The average Bonchev–Trinajstić information content (AvgIpc) is 2.62. The van der Waals surface area contributed by atoms with Crippen molar-refractivity contribution in [2.45, 2.75) is 13.8 Å². The number of carbonyl (C=O) groups excluding carboxylic acids is 3. The van der Waals surface area contributed by atoms with Crippen molar-refractivity contribution in [3.8, 4) is 0 Å². The summed E-state index contributed by atoms with van der Waals surface area (Å²) in [5, 5.41) is 5.28. The van der Waals surface area contributed by atoms with E-state index in [1.807, 2.05) is 19.9 Å². The second-order valence-electron chi connectivity index (χ2n) is 6.31. The van der Waals surface area contributed by atoms with Crippen LogP contribution >= 0.6 is 0 Å². The Balaban J connectivity index is 1.89. The van der Waals surface area contributed by atoms with E-state index in [2.05, 4.69) is 10.6 Å². The maximum absolute atomic E-state index is 12.1. The van der Waals surface area contributed by atoms with Crippen LogP contribution in [0.25, 0.3) is 0 Å². The number of benzene rings is 2. The van der Waals surface area contributed by atoms with E-state index in [-0.39, 0.29) is 24.3 Å². The average molecular weight is 353 g/mol. The van der Waals surface area contributed by atoms with E-state index < -0.39 is 0 Å². The molecule has 6 heteroatoms. The second kappa shape index (κ2) is 8.29. The van der Waals surface area contributed by atoms with Gasteiger partial charge < -0.3 is 15.5 Å². The van der Waals surface area contributed by atoms with Crippen LogP contribution in [-0.4, -0.2) is 43.3 Å². The number of hydrogen-bond acceptors (Lipinski definition) is 3. The molecule has 0 heterocycles. The maximum atomic E-state index is 12.1. The molecule has 0 fully saturated rings.